The highest BCUT2D eigenvalue weighted by atomic mass is 35.5. The normalized spacial score (nSPS) is 11.7. The lowest BCUT2D eigenvalue weighted by Gasteiger charge is -1.99. The van der Waals surface area contributed by atoms with Crippen molar-refractivity contribution >= 4 is 17.4 Å². The summed E-state index contributed by atoms with van der Waals surface area (Å²) in [6.07, 6.45) is 0. The highest BCUT2D eigenvalue weighted by Crippen LogP contribution is 2.10. The Labute approximate surface area is 74.7 Å². The molecule has 1 aromatic rings. The minimum Gasteiger partial charge on any atom is -0.409 e. The number of halogens is 1. The Hall–Kier alpha value is -1.29. The maximum Gasteiger partial charge on any atom is 0.188 e. The molecule has 0 bridgehead atoms. The third-order valence-corrected chi connectivity index (χ3v) is 1.51. The van der Waals surface area contributed by atoms with Crippen LogP contribution in [0.4, 0.5) is 0 Å². The van der Waals surface area contributed by atoms with Gasteiger partial charge in [-0.1, -0.05) is 16.8 Å². The van der Waals surface area contributed by atoms with Gasteiger partial charge in [-0.25, -0.2) is 4.98 Å². The predicted octanol–water partition coefficient (Wildman–Crippen LogP) is 1.14. The van der Waals surface area contributed by atoms with E-state index in [1.54, 1.807) is 13.0 Å². The molecule has 0 saturated carbocycles. The lowest BCUT2D eigenvalue weighted by molar-refractivity contribution is 0.318. The summed E-state index contributed by atoms with van der Waals surface area (Å²) in [5, 5.41) is 11.7. The topological polar surface area (TPSA) is 71.5 Å². The largest absolute Gasteiger partial charge is 0.409 e. The first kappa shape index (κ1) is 8.80. The first-order chi connectivity index (χ1) is 5.63. The van der Waals surface area contributed by atoms with Crippen LogP contribution in [-0.4, -0.2) is 16.0 Å². The third-order valence-electron chi connectivity index (χ3n) is 1.29. The van der Waals surface area contributed by atoms with Crippen molar-refractivity contribution in [2.24, 2.45) is 10.9 Å². The Morgan fingerprint density at radius 3 is 2.83 bits per heavy atom. The van der Waals surface area contributed by atoms with Crippen LogP contribution in [0, 0.1) is 6.92 Å². The smallest absolute Gasteiger partial charge is 0.188 e. The van der Waals surface area contributed by atoms with E-state index in [1.165, 1.54) is 6.07 Å². The second-order valence-corrected chi connectivity index (χ2v) is 2.73. The molecule has 0 atom stereocenters. The molecule has 5 heteroatoms. The fraction of sp³-hybridized carbons (Fsp3) is 0.143. The molecule has 0 saturated heterocycles. The maximum absolute atomic E-state index is 8.35. The molecule has 1 heterocycles. The van der Waals surface area contributed by atoms with Crippen molar-refractivity contribution in [2.45, 2.75) is 6.92 Å². The predicted molar refractivity (Wildman–Crippen MR) is 46.5 cm³/mol. The standard InChI is InChI=1S/C7H8ClN3O/c1-4-2-5(8)3-6(10-4)7(9)11-12/h2-3,12H,1H3,(H2,9,11). The van der Waals surface area contributed by atoms with Gasteiger partial charge in [-0.2, -0.15) is 0 Å². The minimum absolute atomic E-state index is 0.0411. The summed E-state index contributed by atoms with van der Waals surface area (Å²) in [6.45, 7) is 1.78. The molecule has 1 aromatic heterocycles. The van der Waals surface area contributed by atoms with Crippen molar-refractivity contribution in [1.29, 1.82) is 0 Å². The molecule has 64 valence electrons. The Kier molecular flexibility index (Phi) is 2.50. The van der Waals surface area contributed by atoms with E-state index in [0.29, 0.717) is 10.7 Å². The van der Waals surface area contributed by atoms with Gasteiger partial charge in [0.05, 0.1) is 0 Å². The second-order valence-electron chi connectivity index (χ2n) is 2.30. The summed E-state index contributed by atoms with van der Waals surface area (Å²) >= 11 is 5.72. The van der Waals surface area contributed by atoms with Gasteiger partial charge in [0.15, 0.2) is 5.84 Å². The zero-order chi connectivity index (χ0) is 9.14. The Balaban J connectivity index is 3.17. The van der Waals surface area contributed by atoms with E-state index in [1.807, 2.05) is 0 Å². The van der Waals surface area contributed by atoms with Crippen LogP contribution in [-0.2, 0) is 0 Å². The van der Waals surface area contributed by atoms with Gasteiger partial charge in [0.2, 0.25) is 0 Å². The van der Waals surface area contributed by atoms with Crippen molar-refractivity contribution in [3.63, 3.8) is 0 Å². The number of oxime groups is 1. The fourth-order valence-corrected chi connectivity index (χ4v) is 1.07. The number of aryl methyl sites for hydroxylation is 1. The summed E-state index contributed by atoms with van der Waals surface area (Å²) in [4.78, 5) is 4.00. The Bertz CT molecular complexity index is 304. The fourth-order valence-electron chi connectivity index (χ4n) is 0.809. The summed E-state index contributed by atoms with van der Waals surface area (Å²) in [5.41, 5.74) is 6.41. The molecule has 0 unspecified atom stereocenters. The molecule has 0 aliphatic carbocycles. The summed E-state index contributed by atoms with van der Waals surface area (Å²) < 4.78 is 0. The van der Waals surface area contributed by atoms with E-state index < -0.39 is 0 Å². The average Bonchev–Trinajstić information content (AvgIpc) is 2.01. The van der Waals surface area contributed by atoms with Gasteiger partial charge in [-0.3, -0.25) is 0 Å². The number of hydrogen-bond donors (Lipinski definition) is 2. The molecule has 0 aliphatic heterocycles. The molecule has 0 aromatic carbocycles. The molecule has 0 amide bonds. The lowest BCUT2D eigenvalue weighted by Crippen LogP contribution is -2.15. The van der Waals surface area contributed by atoms with E-state index in [4.69, 9.17) is 22.5 Å². The quantitative estimate of drug-likeness (QED) is 0.298. The molecule has 1 rings (SSSR count). The molecule has 12 heavy (non-hydrogen) atoms. The molecule has 0 radical (unpaired) electrons. The zero-order valence-corrected chi connectivity index (χ0v) is 7.21. The number of amidine groups is 1. The number of hydrogen-bond acceptors (Lipinski definition) is 3. The van der Waals surface area contributed by atoms with Gasteiger partial charge in [-0.15, -0.1) is 0 Å². The van der Waals surface area contributed by atoms with E-state index in [9.17, 15) is 0 Å². The van der Waals surface area contributed by atoms with Crippen LogP contribution in [0.3, 0.4) is 0 Å². The van der Waals surface area contributed by atoms with Gasteiger partial charge >= 0.3 is 0 Å². The number of nitrogens with two attached hydrogens (primary N) is 1. The second kappa shape index (κ2) is 3.40. The monoisotopic (exact) mass is 185 g/mol. The van der Waals surface area contributed by atoms with Crippen LogP contribution < -0.4 is 5.73 Å². The van der Waals surface area contributed by atoms with Gasteiger partial charge in [-0.05, 0) is 19.1 Å². The molecule has 0 fully saturated rings. The first-order valence-electron chi connectivity index (χ1n) is 3.25. The van der Waals surface area contributed by atoms with Crippen molar-refractivity contribution in [1.82, 2.24) is 4.98 Å². The van der Waals surface area contributed by atoms with Crippen LogP contribution in [0.5, 0.6) is 0 Å². The van der Waals surface area contributed by atoms with E-state index in [2.05, 4.69) is 10.1 Å². The molecular formula is C7H8ClN3O. The summed E-state index contributed by atoms with van der Waals surface area (Å²) in [6, 6.07) is 3.22. The van der Waals surface area contributed by atoms with Gasteiger partial charge in [0.1, 0.15) is 5.69 Å². The third kappa shape index (κ3) is 1.85. The Morgan fingerprint density at radius 1 is 1.67 bits per heavy atom. The summed E-state index contributed by atoms with van der Waals surface area (Å²) in [7, 11) is 0. The SMILES string of the molecule is Cc1cc(Cl)cc(/C(N)=N/O)n1. The van der Waals surface area contributed by atoms with E-state index >= 15 is 0 Å². The lowest BCUT2D eigenvalue weighted by atomic mass is 10.3. The number of nitrogens with zero attached hydrogens (tertiary/aromatic N) is 2. The number of rotatable bonds is 1. The highest BCUT2D eigenvalue weighted by Gasteiger charge is 2.02. The van der Waals surface area contributed by atoms with Crippen LogP contribution in [0.2, 0.25) is 5.02 Å². The van der Waals surface area contributed by atoms with E-state index in [-0.39, 0.29) is 5.84 Å². The maximum atomic E-state index is 8.35. The van der Waals surface area contributed by atoms with Crippen LogP contribution in [0.25, 0.3) is 0 Å². The first-order valence-corrected chi connectivity index (χ1v) is 3.63. The van der Waals surface area contributed by atoms with Crippen molar-refractivity contribution in [3.05, 3.63) is 28.5 Å². The van der Waals surface area contributed by atoms with Gasteiger partial charge in [0, 0.05) is 10.7 Å². The number of pyridine rings is 1. The van der Waals surface area contributed by atoms with Crippen LogP contribution in [0.1, 0.15) is 11.4 Å². The molecule has 0 spiro atoms. The molecule has 3 N–H and O–H groups in total. The highest BCUT2D eigenvalue weighted by molar-refractivity contribution is 6.31. The van der Waals surface area contributed by atoms with Gasteiger partial charge < -0.3 is 10.9 Å². The Morgan fingerprint density at radius 2 is 2.33 bits per heavy atom. The van der Waals surface area contributed by atoms with Gasteiger partial charge in [0.25, 0.3) is 0 Å². The zero-order valence-electron chi connectivity index (χ0n) is 6.45. The average molecular weight is 186 g/mol. The molecular weight excluding hydrogens is 178 g/mol. The van der Waals surface area contributed by atoms with Crippen molar-refractivity contribution < 1.29 is 5.21 Å². The molecule has 4 nitrogen and oxygen atoms in total. The van der Waals surface area contributed by atoms with E-state index in [0.717, 1.165) is 5.69 Å². The van der Waals surface area contributed by atoms with Crippen LogP contribution >= 0.6 is 11.6 Å². The molecule has 0 aliphatic rings. The van der Waals surface area contributed by atoms with Crippen molar-refractivity contribution in [2.75, 3.05) is 0 Å². The number of aromatic nitrogens is 1. The summed E-state index contributed by atoms with van der Waals surface area (Å²) in [5.74, 6) is -0.0411. The van der Waals surface area contributed by atoms with Crippen LogP contribution in [0.15, 0.2) is 17.3 Å². The van der Waals surface area contributed by atoms with Crippen molar-refractivity contribution in [3.8, 4) is 0 Å². The minimum atomic E-state index is -0.0411.